The molecular weight excluding hydrogens is 180 g/mol. The van der Waals surface area contributed by atoms with Gasteiger partial charge in [-0.15, -0.1) is 0 Å². The Morgan fingerprint density at radius 1 is 1.54 bits per heavy atom. The Morgan fingerprint density at radius 2 is 2.31 bits per heavy atom. The Bertz CT molecular complexity index is 268. The Morgan fingerprint density at radius 3 is 2.92 bits per heavy atom. The lowest BCUT2D eigenvalue weighted by molar-refractivity contribution is 0.0781. The molecule has 0 unspecified atom stereocenters. The summed E-state index contributed by atoms with van der Waals surface area (Å²) in [5.74, 6) is 0.0605. The number of nitrogens with zero attached hydrogens (tertiary/aromatic N) is 1. The van der Waals surface area contributed by atoms with E-state index in [1.165, 1.54) is 6.20 Å². The van der Waals surface area contributed by atoms with Gasteiger partial charge in [-0.05, 0) is 12.1 Å². The summed E-state index contributed by atoms with van der Waals surface area (Å²) in [4.78, 5) is 3.71. The van der Waals surface area contributed by atoms with Crippen LogP contribution >= 0.6 is 0 Å². The quantitative estimate of drug-likeness (QED) is 0.774. The van der Waals surface area contributed by atoms with Crippen LogP contribution in [0, 0.1) is 0 Å². The number of aliphatic hydroxyl groups excluding tert-OH is 1. The fourth-order valence-corrected chi connectivity index (χ4v) is 0.816. The molecule has 0 aliphatic heterocycles. The van der Waals surface area contributed by atoms with Crippen LogP contribution in [-0.4, -0.2) is 23.1 Å². The Hall–Kier alpha value is -1.23. The van der Waals surface area contributed by atoms with E-state index >= 15 is 0 Å². The summed E-state index contributed by atoms with van der Waals surface area (Å²) in [7, 11) is 0. The van der Waals surface area contributed by atoms with E-state index in [4.69, 9.17) is 5.11 Å². The minimum absolute atomic E-state index is 0.0605. The van der Waals surface area contributed by atoms with Crippen LogP contribution in [0.2, 0.25) is 0 Å². The fourth-order valence-electron chi connectivity index (χ4n) is 0.816. The van der Waals surface area contributed by atoms with Gasteiger partial charge in [0, 0.05) is 11.8 Å². The largest absolute Gasteiger partial charge is 0.471 e. The molecule has 0 fully saturated rings. The molecule has 0 amide bonds. The number of halogens is 2. The number of alkyl halides is 2. The first kappa shape index (κ1) is 9.85. The van der Waals surface area contributed by atoms with Crippen molar-refractivity contribution in [3.63, 3.8) is 0 Å². The third-order valence-electron chi connectivity index (χ3n) is 1.37. The van der Waals surface area contributed by atoms with Crippen LogP contribution in [0.3, 0.4) is 0 Å². The van der Waals surface area contributed by atoms with Crippen molar-refractivity contribution in [1.29, 1.82) is 0 Å². The molecule has 0 saturated carbocycles. The number of aliphatic hydroxyl groups is 1. The monoisotopic (exact) mass is 189 g/mol. The molecule has 72 valence electrons. The number of hydrogen-bond donors (Lipinski definition) is 1. The van der Waals surface area contributed by atoms with Crippen molar-refractivity contribution in [2.75, 3.05) is 6.61 Å². The number of rotatable bonds is 4. The summed E-state index contributed by atoms with van der Waals surface area (Å²) in [6, 6.07) is 3.16. The molecule has 0 atom stereocenters. The van der Waals surface area contributed by atoms with Crippen LogP contribution in [0.4, 0.5) is 8.78 Å². The lowest BCUT2D eigenvalue weighted by Gasteiger charge is -2.07. The highest BCUT2D eigenvalue weighted by molar-refractivity contribution is 5.24. The van der Waals surface area contributed by atoms with Gasteiger partial charge >= 0.3 is 0 Å². The molecule has 1 aromatic heterocycles. The molecule has 0 saturated heterocycles. The second kappa shape index (κ2) is 4.71. The molecule has 1 heterocycles. The smallest absolute Gasteiger partial charge is 0.272 e. The number of aromatic nitrogens is 1. The molecule has 1 rings (SSSR count). The van der Waals surface area contributed by atoms with E-state index in [2.05, 4.69) is 9.72 Å². The van der Waals surface area contributed by atoms with Crippen LogP contribution in [0.5, 0.6) is 5.88 Å². The highest BCUT2D eigenvalue weighted by atomic mass is 19.3. The van der Waals surface area contributed by atoms with Gasteiger partial charge in [0.05, 0.1) is 6.61 Å². The van der Waals surface area contributed by atoms with E-state index in [1.54, 1.807) is 12.1 Å². The van der Waals surface area contributed by atoms with Crippen LogP contribution in [0.25, 0.3) is 0 Å². The predicted molar refractivity (Wildman–Crippen MR) is 41.7 cm³/mol. The van der Waals surface area contributed by atoms with Crippen LogP contribution in [0.1, 0.15) is 5.56 Å². The summed E-state index contributed by atoms with van der Waals surface area (Å²) < 4.78 is 28.2. The van der Waals surface area contributed by atoms with Gasteiger partial charge in [0.2, 0.25) is 5.88 Å². The van der Waals surface area contributed by atoms with Gasteiger partial charge in [0.15, 0.2) is 6.61 Å². The Labute approximate surface area is 74.0 Å². The standard InChI is InChI=1S/C8H9F2NO2/c9-7(10)5-13-8-6(4-12)2-1-3-11-8/h1-3,7,12H,4-5H2. The molecule has 13 heavy (non-hydrogen) atoms. The molecule has 3 nitrogen and oxygen atoms in total. The number of ether oxygens (including phenoxy) is 1. The second-order valence-electron chi connectivity index (χ2n) is 2.33. The zero-order valence-electron chi connectivity index (χ0n) is 6.78. The number of pyridine rings is 1. The molecule has 0 aromatic carbocycles. The van der Waals surface area contributed by atoms with Crippen LogP contribution in [0.15, 0.2) is 18.3 Å². The molecule has 0 aliphatic carbocycles. The van der Waals surface area contributed by atoms with Gasteiger partial charge in [0.25, 0.3) is 6.43 Å². The maximum absolute atomic E-state index is 11.7. The van der Waals surface area contributed by atoms with E-state index in [-0.39, 0.29) is 12.5 Å². The first-order valence-electron chi connectivity index (χ1n) is 3.69. The van der Waals surface area contributed by atoms with E-state index in [0.29, 0.717) is 5.56 Å². The van der Waals surface area contributed by atoms with Gasteiger partial charge in [-0.2, -0.15) is 0 Å². The molecule has 0 radical (unpaired) electrons. The SMILES string of the molecule is OCc1cccnc1OCC(F)F. The van der Waals surface area contributed by atoms with Crippen LogP contribution in [-0.2, 0) is 6.61 Å². The molecular formula is C8H9F2NO2. The zero-order valence-corrected chi connectivity index (χ0v) is 6.78. The Balaban J connectivity index is 2.64. The average molecular weight is 189 g/mol. The van der Waals surface area contributed by atoms with E-state index in [0.717, 1.165) is 0 Å². The normalized spacial score (nSPS) is 10.5. The topological polar surface area (TPSA) is 42.4 Å². The molecule has 0 spiro atoms. The highest BCUT2D eigenvalue weighted by Gasteiger charge is 2.07. The van der Waals surface area contributed by atoms with Crippen molar-refractivity contribution in [2.45, 2.75) is 13.0 Å². The lowest BCUT2D eigenvalue weighted by atomic mass is 10.3. The van der Waals surface area contributed by atoms with E-state index in [9.17, 15) is 8.78 Å². The molecule has 5 heteroatoms. The Kier molecular flexibility index (Phi) is 3.57. The molecule has 0 aliphatic rings. The summed E-state index contributed by atoms with van der Waals surface area (Å²) in [6.07, 6.45) is -1.12. The summed E-state index contributed by atoms with van der Waals surface area (Å²) in [6.45, 7) is -0.976. The minimum atomic E-state index is -2.53. The molecule has 1 aromatic rings. The lowest BCUT2D eigenvalue weighted by Crippen LogP contribution is -2.09. The van der Waals surface area contributed by atoms with Gasteiger partial charge in [-0.25, -0.2) is 13.8 Å². The van der Waals surface area contributed by atoms with Crippen LogP contribution < -0.4 is 4.74 Å². The first-order chi connectivity index (χ1) is 6.24. The van der Waals surface area contributed by atoms with E-state index < -0.39 is 13.0 Å². The minimum Gasteiger partial charge on any atom is -0.471 e. The van der Waals surface area contributed by atoms with Crippen molar-refractivity contribution in [2.24, 2.45) is 0 Å². The van der Waals surface area contributed by atoms with Gasteiger partial charge in [0.1, 0.15) is 0 Å². The maximum atomic E-state index is 11.7. The predicted octanol–water partition coefficient (Wildman–Crippen LogP) is 1.22. The van der Waals surface area contributed by atoms with Crippen molar-refractivity contribution in [1.82, 2.24) is 4.98 Å². The van der Waals surface area contributed by atoms with Crippen molar-refractivity contribution in [3.8, 4) is 5.88 Å². The second-order valence-corrected chi connectivity index (χ2v) is 2.33. The van der Waals surface area contributed by atoms with Gasteiger partial charge < -0.3 is 9.84 Å². The van der Waals surface area contributed by atoms with Gasteiger partial charge in [-0.1, -0.05) is 0 Å². The van der Waals surface area contributed by atoms with Gasteiger partial charge in [-0.3, -0.25) is 0 Å². The highest BCUT2D eigenvalue weighted by Crippen LogP contribution is 2.14. The fraction of sp³-hybridized carbons (Fsp3) is 0.375. The zero-order chi connectivity index (χ0) is 9.68. The van der Waals surface area contributed by atoms with Crippen molar-refractivity contribution < 1.29 is 18.6 Å². The van der Waals surface area contributed by atoms with E-state index in [1.807, 2.05) is 0 Å². The summed E-state index contributed by atoms with van der Waals surface area (Å²) >= 11 is 0. The third-order valence-corrected chi connectivity index (χ3v) is 1.37. The summed E-state index contributed by atoms with van der Waals surface area (Å²) in [5.41, 5.74) is 0.406. The maximum Gasteiger partial charge on any atom is 0.272 e. The van der Waals surface area contributed by atoms with Crippen molar-refractivity contribution in [3.05, 3.63) is 23.9 Å². The summed E-state index contributed by atoms with van der Waals surface area (Å²) in [5, 5.41) is 8.78. The molecule has 1 N–H and O–H groups in total. The average Bonchev–Trinajstić information content (AvgIpc) is 2.15. The third kappa shape index (κ3) is 2.95. The number of hydrogen-bond acceptors (Lipinski definition) is 3. The molecule has 0 bridgehead atoms. The van der Waals surface area contributed by atoms with Crippen molar-refractivity contribution >= 4 is 0 Å². The first-order valence-corrected chi connectivity index (χ1v) is 3.69.